The minimum Gasteiger partial charge on any atom is -0.444 e. The molecule has 0 saturated carbocycles. The van der Waals surface area contributed by atoms with Gasteiger partial charge >= 0.3 is 36.6 Å². The van der Waals surface area contributed by atoms with Crippen LogP contribution in [0.4, 0.5) is 40.7 Å². The second-order valence-corrected chi connectivity index (χ2v) is 25.4. The van der Waals surface area contributed by atoms with E-state index in [9.17, 15) is 28.8 Å². The van der Waals surface area contributed by atoms with E-state index >= 15 is 0 Å². The molecule has 1 aromatic heterocycles. The van der Waals surface area contributed by atoms with Crippen LogP contribution >= 0.6 is 0 Å². The Balaban J connectivity index is 1.91. The summed E-state index contributed by atoms with van der Waals surface area (Å²) in [6, 6.07) is 9.33. The van der Waals surface area contributed by atoms with Gasteiger partial charge in [0.05, 0.1) is 0 Å². The molecule has 0 spiro atoms. The van der Waals surface area contributed by atoms with Crippen molar-refractivity contribution < 1.29 is 57.2 Å². The second-order valence-electron chi connectivity index (χ2n) is 25.4. The van der Waals surface area contributed by atoms with E-state index in [-0.39, 0.29) is 117 Å². The summed E-state index contributed by atoms with van der Waals surface area (Å²) < 4.78 is 35.2. The van der Waals surface area contributed by atoms with Crippen molar-refractivity contribution in [1.29, 1.82) is 0 Å². The minimum absolute atomic E-state index is 0.0533. The third-order valence-corrected chi connectivity index (χ3v) is 11.2. The van der Waals surface area contributed by atoms with Gasteiger partial charge in [0.2, 0.25) is 11.9 Å². The Kier molecular flexibility index (Phi) is 21.7. The normalized spacial score (nSPS) is 16.9. The zero-order valence-corrected chi connectivity index (χ0v) is 50.0. The van der Waals surface area contributed by atoms with E-state index in [1.807, 2.05) is 40.1 Å². The molecular weight excluding hydrogens is 1010 g/mol. The number of carbonyl (C=O) groups excluding carboxylic acids is 6. The molecular formula is C55H91N11O12. The second kappa shape index (κ2) is 26.4. The molecule has 0 atom stereocenters. The molecule has 23 nitrogen and oxygen atoms in total. The highest BCUT2D eigenvalue weighted by molar-refractivity contribution is 5.72. The number of hydrogen-bond acceptors (Lipinski definition) is 17. The molecule has 0 bridgehead atoms. The van der Waals surface area contributed by atoms with Gasteiger partial charge in [-0.05, 0) is 125 Å². The van der Waals surface area contributed by atoms with Crippen LogP contribution in [-0.4, -0.2) is 219 Å². The van der Waals surface area contributed by atoms with Gasteiger partial charge in [-0.2, -0.15) is 15.0 Å². The number of hydrogen-bond donors (Lipinski definition) is 0. The molecule has 78 heavy (non-hydrogen) atoms. The molecule has 2 aliphatic heterocycles. The van der Waals surface area contributed by atoms with Crippen molar-refractivity contribution in [3.63, 3.8) is 0 Å². The van der Waals surface area contributed by atoms with Crippen molar-refractivity contribution in [3.05, 3.63) is 30.3 Å². The number of nitrogens with zero attached hydrogens (tertiary/aromatic N) is 11. The number of carbonyl (C=O) groups is 6. The fourth-order valence-corrected chi connectivity index (χ4v) is 7.63. The first kappa shape index (κ1) is 64.0. The molecule has 0 aliphatic carbocycles. The lowest BCUT2D eigenvalue weighted by Gasteiger charge is -2.36. The summed E-state index contributed by atoms with van der Waals surface area (Å²) in [5.41, 5.74) is -4.34. The van der Waals surface area contributed by atoms with Crippen molar-refractivity contribution in [2.75, 3.05) is 115 Å². The molecule has 2 fully saturated rings. The van der Waals surface area contributed by atoms with Crippen molar-refractivity contribution in [3.8, 4) is 11.4 Å². The minimum atomic E-state index is -0.843. The van der Waals surface area contributed by atoms with Gasteiger partial charge in [0.15, 0.2) is 5.82 Å². The molecule has 4 rings (SSSR count). The van der Waals surface area contributed by atoms with Crippen LogP contribution in [0.15, 0.2) is 30.3 Å². The number of anilines is 2. The third kappa shape index (κ3) is 22.8. The first-order valence-corrected chi connectivity index (χ1v) is 27.0. The number of amides is 6. The molecule has 23 heteroatoms. The number of aromatic nitrogens is 3. The van der Waals surface area contributed by atoms with Gasteiger partial charge in [-0.25, -0.2) is 28.8 Å². The van der Waals surface area contributed by atoms with Gasteiger partial charge in [0.1, 0.15) is 33.6 Å². The van der Waals surface area contributed by atoms with Gasteiger partial charge < -0.3 is 67.6 Å². The highest BCUT2D eigenvalue weighted by atomic mass is 16.6. The van der Waals surface area contributed by atoms with Gasteiger partial charge in [0, 0.05) is 110 Å². The van der Waals surface area contributed by atoms with Crippen molar-refractivity contribution in [2.45, 2.75) is 158 Å². The number of ether oxygens (including phenoxy) is 6. The van der Waals surface area contributed by atoms with Crippen LogP contribution in [0.2, 0.25) is 0 Å². The van der Waals surface area contributed by atoms with Crippen LogP contribution in [0.3, 0.4) is 0 Å². The predicted molar refractivity (Wildman–Crippen MR) is 297 cm³/mol. The summed E-state index contributed by atoms with van der Waals surface area (Å²) in [7, 11) is 0. The SMILES string of the molecule is CC(C)(C)OC(=O)N1CCN(C(=O)OC(C)(C)C)CCN(c2nc(-c3ccccc3)nc(N3CCN(C(=O)OC(C)(C)C)CCN(C(=O)OC(C)(C)C)CCN(C(=O)OC(C)(C)C)CC3)n2)CCN(C(=O)OC(C)(C)C)CC1. The molecule has 0 unspecified atom stereocenters. The average molecular weight is 1100 g/mol. The van der Waals surface area contributed by atoms with Crippen LogP contribution in [0, 0.1) is 0 Å². The number of benzene rings is 1. The van der Waals surface area contributed by atoms with Crippen LogP contribution < -0.4 is 9.80 Å². The molecule has 1 aromatic carbocycles. The zero-order valence-electron chi connectivity index (χ0n) is 50.0. The number of rotatable bonds is 3. The van der Waals surface area contributed by atoms with Crippen molar-refractivity contribution >= 4 is 48.5 Å². The fourth-order valence-electron chi connectivity index (χ4n) is 7.63. The summed E-state index contributed by atoms with van der Waals surface area (Å²) in [5.74, 6) is 0.702. The topological polar surface area (TPSA) is 222 Å². The molecule has 0 N–H and O–H groups in total. The third-order valence-electron chi connectivity index (χ3n) is 11.2. The average Bonchev–Trinajstić information content (AvgIpc) is 3.26. The van der Waals surface area contributed by atoms with E-state index in [4.69, 9.17) is 43.4 Å². The lowest BCUT2D eigenvalue weighted by molar-refractivity contribution is 0.00797. The predicted octanol–water partition coefficient (Wildman–Crippen LogP) is 8.60. The molecule has 0 radical (unpaired) electrons. The molecule has 2 aliphatic rings. The maximum Gasteiger partial charge on any atom is 0.410 e. The zero-order chi connectivity index (χ0) is 58.6. The van der Waals surface area contributed by atoms with E-state index in [1.165, 1.54) is 29.4 Å². The summed E-state index contributed by atoms with van der Waals surface area (Å²) in [5, 5.41) is 0. The van der Waals surface area contributed by atoms with E-state index in [2.05, 4.69) is 0 Å². The first-order chi connectivity index (χ1) is 35.8. The monoisotopic (exact) mass is 1100 g/mol. The Morgan fingerprint density at radius 3 is 0.692 bits per heavy atom. The Labute approximate surface area is 463 Å². The van der Waals surface area contributed by atoms with E-state index < -0.39 is 70.2 Å². The lowest BCUT2D eigenvalue weighted by Crippen LogP contribution is -2.52. The van der Waals surface area contributed by atoms with Crippen molar-refractivity contribution in [2.24, 2.45) is 0 Å². The standard InChI is InChI=1S/C55H91N11O12/c1-50(2,3)73-44(67)61-28-24-59(25-29-62(45(68)74-51(4,5)6)33-37-65(36-32-61)48(71)77-54(13,14)15)42-56-41(40-22-20-19-21-23-40)57-43(58-42)60-26-30-63(46(69)75-52(7,8)9)34-38-66(49(72)78-55(16,17)18)39-35-64(31-27-60)47(70)76-53(10,11)12/h19-23H,24-39H2,1-18H3. The van der Waals surface area contributed by atoms with E-state index in [0.717, 1.165) is 0 Å². The van der Waals surface area contributed by atoms with E-state index in [0.29, 0.717) is 11.4 Å². The Bertz CT molecular complexity index is 2110. The summed E-state index contributed by atoms with van der Waals surface area (Å²) in [4.78, 5) is 112. The lowest BCUT2D eigenvalue weighted by atomic mass is 10.2. The van der Waals surface area contributed by atoms with Gasteiger partial charge in [0.25, 0.3) is 0 Å². The summed E-state index contributed by atoms with van der Waals surface area (Å²) in [6.45, 7) is 33.2. The van der Waals surface area contributed by atoms with E-state index in [1.54, 1.807) is 125 Å². The maximum absolute atomic E-state index is 14.1. The molecule has 3 heterocycles. The summed E-state index contributed by atoms with van der Waals surface area (Å²) >= 11 is 0. The van der Waals surface area contributed by atoms with Crippen LogP contribution in [-0.2, 0) is 28.4 Å². The van der Waals surface area contributed by atoms with Crippen LogP contribution in [0.25, 0.3) is 11.4 Å². The van der Waals surface area contributed by atoms with Gasteiger partial charge in [-0.15, -0.1) is 0 Å². The van der Waals surface area contributed by atoms with Crippen LogP contribution in [0.1, 0.15) is 125 Å². The van der Waals surface area contributed by atoms with Crippen LogP contribution in [0.5, 0.6) is 0 Å². The van der Waals surface area contributed by atoms with Gasteiger partial charge in [-0.1, -0.05) is 30.3 Å². The highest BCUT2D eigenvalue weighted by Crippen LogP contribution is 2.25. The van der Waals surface area contributed by atoms with Crippen molar-refractivity contribution in [1.82, 2.24) is 44.4 Å². The molecule has 6 amide bonds. The molecule has 2 saturated heterocycles. The first-order valence-electron chi connectivity index (χ1n) is 27.0. The quantitative estimate of drug-likeness (QED) is 0.262. The Hall–Kier alpha value is -6.55. The Morgan fingerprint density at radius 1 is 0.308 bits per heavy atom. The summed E-state index contributed by atoms with van der Waals surface area (Å²) in [6.07, 6.45) is -3.60. The van der Waals surface area contributed by atoms with Gasteiger partial charge in [-0.3, -0.25) is 0 Å². The largest absolute Gasteiger partial charge is 0.444 e. The molecule has 438 valence electrons. The molecule has 2 aromatic rings. The Morgan fingerprint density at radius 2 is 0.500 bits per heavy atom. The fraction of sp³-hybridized carbons (Fsp3) is 0.727. The smallest absolute Gasteiger partial charge is 0.410 e. The highest BCUT2D eigenvalue weighted by Gasteiger charge is 2.34. The maximum atomic E-state index is 14.1.